The summed E-state index contributed by atoms with van der Waals surface area (Å²) in [5.74, 6) is 0.0307. The van der Waals surface area contributed by atoms with E-state index in [1.54, 1.807) is 12.4 Å². The minimum atomic E-state index is -0.226. The fraction of sp³-hybridized carbons (Fsp3) is 0.300. The van der Waals surface area contributed by atoms with Gasteiger partial charge in [0.1, 0.15) is 6.04 Å². The first kappa shape index (κ1) is 16.8. The van der Waals surface area contributed by atoms with E-state index < -0.39 is 0 Å². The van der Waals surface area contributed by atoms with Crippen molar-refractivity contribution in [1.82, 2.24) is 25.7 Å². The fourth-order valence-electron chi connectivity index (χ4n) is 3.60. The summed E-state index contributed by atoms with van der Waals surface area (Å²) in [5.41, 5.74) is 9.85. The number of hydrazine groups is 1. The second-order valence-electron chi connectivity index (χ2n) is 6.70. The highest BCUT2D eigenvalue weighted by Gasteiger charge is 2.29. The molecule has 1 fully saturated rings. The van der Waals surface area contributed by atoms with Crippen LogP contribution in [-0.2, 0) is 11.3 Å². The van der Waals surface area contributed by atoms with Gasteiger partial charge in [-0.15, -0.1) is 0 Å². The van der Waals surface area contributed by atoms with Crippen molar-refractivity contribution in [2.75, 3.05) is 6.54 Å². The van der Waals surface area contributed by atoms with Gasteiger partial charge in [-0.3, -0.25) is 9.78 Å². The number of hydrogen-bond donors (Lipinski definition) is 3. The number of nitrogens with one attached hydrogen (secondary N) is 3. The lowest BCUT2D eigenvalue weighted by atomic mass is 10.0. The van der Waals surface area contributed by atoms with Crippen molar-refractivity contribution in [1.29, 1.82) is 0 Å². The molecule has 26 heavy (non-hydrogen) atoms. The van der Waals surface area contributed by atoms with Gasteiger partial charge in [-0.1, -0.05) is 18.2 Å². The van der Waals surface area contributed by atoms with Crippen molar-refractivity contribution < 1.29 is 4.79 Å². The van der Waals surface area contributed by atoms with Crippen LogP contribution in [0.4, 0.5) is 0 Å². The first-order valence-electron chi connectivity index (χ1n) is 8.96. The van der Waals surface area contributed by atoms with Crippen LogP contribution in [0.15, 0.2) is 54.9 Å². The molecule has 2 aromatic heterocycles. The summed E-state index contributed by atoms with van der Waals surface area (Å²) in [4.78, 5) is 16.5. The van der Waals surface area contributed by atoms with Crippen LogP contribution in [0.3, 0.4) is 0 Å². The minimum absolute atomic E-state index is 0.0307. The Hall–Kier alpha value is -2.70. The van der Waals surface area contributed by atoms with Crippen molar-refractivity contribution in [3.8, 4) is 0 Å². The number of amides is 1. The molecule has 1 aromatic carbocycles. The van der Waals surface area contributed by atoms with E-state index in [-0.39, 0.29) is 18.0 Å². The normalized spacial score (nSPS) is 19.7. The Morgan fingerprint density at radius 3 is 2.88 bits per heavy atom. The standard InChI is InChI=1S/C20H23N5O/c1-14-12-16-4-2-3-5-19(16)25(14)11-10-22-20(26)18-13-17(23-24-18)15-6-8-21-9-7-15/h2-9,12,17-18,23-24H,10-11,13H2,1H3,(H,22,26). The third-order valence-corrected chi connectivity index (χ3v) is 4.98. The highest BCUT2D eigenvalue weighted by molar-refractivity contribution is 5.82. The van der Waals surface area contributed by atoms with E-state index in [9.17, 15) is 4.79 Å². The van der Waals surface area contributed by atoms with Crippen molar-refractivity contribution >= 4 is 16.8 Å². The Morgan fingerprint density at radius 2 is 2.04 bits per heavy atom. The number of carbonyl (C=O) groups is 1. The zero-order valence-electron chi connectivity index (χ0n) is 14.8. The Kier molecular flexibility index (Phi) is 4.69. The lowest BCUT2D eigenvalue weighted by Gasteiger charge is -2.13. The number of hydrogen-bond acceptors (Lipinski definition) is 4. The summed E-state index contributed by atoms with van der Waals surface area (Å²) in [6.45, 7) is 3.47. The Morgan fingerprint density at radius 1 is 1.23 bits per heavy atom. The van der Waals surface area contributed by atoms with Crippen molar-refractivity contribution in [3.63, 3.8) is 0 Å². The second kappa shape index (κ2) is 7.27. The second-order valence-corrected chi connectivity index (χ2v) is 6.70. The van der Waals surface area contributed by atoms with E-state index in [2.05, 4.69) is 50.8 Å². The number of para-hydroxylation sites is 1. The quantitative estimate of drug-likeness (QED) is 0.659. The molecule has 3 aromatic rings. The van der Waals surface area contributed by atoms with Gasteiger partial charge in [0.2, 0.25) is 5.91 Å². The van der Waals surface area contributed by atoms with Gasteiger partial charge in [-0.05, 0) is 48.6 Å². The van der Waals surface area contributed by atoms with E-state index in [1.807, 2.05) is 24.3 Å². The number of benzene rings is 1. The molecule has 3 heterocycles. The number of carbonyl (C=O) groups excluding carboxylic acids is 1. The summed E-state index contributed by atoms with van der Waals surface area (Å²) in [6.07, 6.45) is 4.27. The van der Waals surface area contributed by atoms with Crippen LogP contribution in [0, 0.1) is 6.92 Å². The van der Waals surface area contributed by atoms with Gasteiger partial charge >= 0.3 is 0 Å². The maximum Gasteiger partial charge on any atom is 0.238 e. The van der Waals surface area contributed by atoms with Crippen LogP contribution in [0.2, 0.25) is 0 Å². The molecule has 0 aliphatic carbocycles. The minimum Gasteiger partial charge on any atom is -0.353 e. The van der Waals surface area contributed by atoms with Crippen LogP contribution in [-0.4, -0.2) is 28.0 Å². The molecule has 0 bridgehead atoms. The Balaban J connectivity index is 1.32. The van der Waals surface area contributed by atoms with Crippen LogP contribution in [0.25, 0.3) is 10.9 Å². The van der Waals surface area contributed by atoms with Gasteiger partial charge in [-0.2, -0.15) is 0 Å². The van der Waals surface area contributed by atoms with Gasteiger partial charge < -0.3 is 9.88 Å². The van der Waals surface area contributed by atoms with E-state index in [1.165, 1.54) is 16.6 Å². The van der Waals surface area contributed by atoms with Crippen LogP contribution in [0.1, 0.15) is 23.7 Å². The third kappa shape index (κ3) is 3.34. The summed E-state index contributed by atoms with van der Waals surface area (Å²) < 4.78 is 2.25. The molecular weight excluding hydrogens is 326 g/mol. The SMILES string of the molecule is Cc1cc2ccccc2n1CCNC(=O)C1CC(c2ccncc2)NN1. The van der Waals surface area contributed by atoms with Crippen molar-refractivity contribution in [3.05, 3.63) is 66.1 Å². The van der Waals surface area contributed by atoms with E-state index in [0.717, 1.165) is 18.5 Å². The summed E-state index contributed by atoms with van der Waals surface area (Å²) in [6, 6.07) is 14.4. The maximum atomic E-state index is 12.5. The molecule has 1 amide bonds. The first-order valence-corrected chi connectivity index (χ1v) is 8.96. The first-order chi connectivity index (χ1) is 12.7. The average Bonchev–Trinajstić information content (AvgIpc) is 3.28. The third-order valence-electron chi connectivity index (χ3n) is 4.98. The van der Waals surface area contributed by atoms with Gasteiger partial charge in [0.15, 0.2) is 0 Å². The molecule has 3 N–H and O–H groups in total. The van der Waals surface area contributed by atoms with Crippen LogP contribution >= 0.6 is 0 Å². The number of aryl methyl sites for hydroxylation is 1. The Bertz CT molecular complexity index is 905. The zero-order chi connectivity index (χ0) is 17.9. The Labute approximate surface area is 152 Å². The maximum absolute atomic E-state index is 12.5. The molecule has 0 radical (unpaired) electrons. The van der Waals surface area contributed by atoms with Crippen molar-refractivity contribution in [2.24, 2.45) is 0 Å². The summed E-state index contributed by atoms with van der Waals surface area (Å²) in [5, 5.41) is 4.29. The van der Waals surface area contributed by atoms with E-state index in [0.29, 0.717) is 6.54 Å². The highest BCUT2D eigenvalue weighted by Crippen LogP contribution is 2.21. The van der Waals surface area contributed by atoms with Gasteiger partial charge in [0, 0.05) is 42.7 Å². The number of rotatable bonds is 5. The molecule has 1 aliphatic rings. The molecule has 6 heteroatoms. The highest BCUT2D eigenvalue weighted by atomic mass is 16.2. The number of aromatic nitrogens is 2. The molecule has 2 unspecified atom stereocenters. The van der Waals surface area contributed by atoms with Gasteiger partial charge in [-0.25, -0.2) is 10.9 Å². The molecule has 1 aliphatic heterocycles. The van der Waals surface area contributed by atoms with E-state index >= 15 is 0 Å². The molecule has 6 nitrogen and oxygen atoms in total. The number of pyridine rings is 1. The number of nitrogens with zero attached hydrogens (tertiary/aromatic N) is 2. The topological polar surface area (TPSA) is 71.0 Å². The average molecular weight is 349 g/mol. The molecule has 134 valence electrons. The fourth-order valence-corrected chi connectivity index (χ4v) is 3.60. The molecule has 1 saturated heterocycles. The molecular formula is C20H23N5O. The predicted octanol–water partition coefficient (Wildman–Crippen LogP) is 2.07. The molecule has 0 saturated carbocycles. The smallest absolute Gasteiger partial charge is 0.238 e. The largest absolute Gasteiger partial charge is 0.353 e. The van der Waals surface area contributed by atoms with Crippen LogP contribution < -0.4 is 16.2 Å². The molecule has 2 atom stereocenters. The lowest BCUT2D eigenvalue weighted by Crippen LogP contribution is -2.44. The van der Waals surface area contributed by atoms with E-state index in [4.69, 9.17) is 0 Å². The number of fused-ring (bicyclic) bond motifs is 1. The zero-order valence-corrected chi connectivity index (χ0v) is 14.8. The molecule has 4 rings (SSSR count). The van der Waals surface area contributed by atoms with Gasteiger partial charge in [0.05, 0.1) is 0 Å². The van der Waals surface area contributed by atoms with Crippen LogP contribution in [0.5, 0.6) is 0 Å². The monoisotopic (exact) mass is 349 g/mol. The van der Waals surface area contributed by atoms with Gasteiger partial charge in [0.25, 0.3) is 0 Å². The predicted molar refractivity (Wildman–Crippen MR) is 101 cm³/mol. The summed E-state index contributed by atoms with van der Waals surface area (Å²) in [7, 11) is 0. The molecule has 0 spiro atoms. The summed E-state index contributed by atoms with van der Waals surface area (Å²) >= 11 is 0. The van der Waals surface area contributed by atoms with Crippen molar-refractivity contribution in [2.45, 2.75) is 32.0 Å². The lowest BCUT2D eigenvalue weighted by molar-refractivity contribution is -0.122.